The zero-order valence-corrected chi connectivity index (χ0v) is 8.63. The monoisotopic (exact) mass is 194 g/mol. The number of likely N-dealkylation sites (N-methyl/N-ethyl adjacent to an activating group) is 1. The number of rotatable bonds is 1. The summed E-state index contributed by atoms with van der Waals surface area (Å²) < 4.78 is 5.09. The van der Waals surface area contributed by atoms with E-state index in [2.05, 4.69) is 7.05 Å². The Morgan fingerprint density at radius 2 is 2.14 bits per heavy atom. The van der Waals surface area contributed by atoms with Crippen molar-refractivity contribution in [3.63, 3.8) is 0 Å². The number of hydrogen-bond acceptors (Lipinski definition) is 2. The number of benzene rings is 1. The van der Waals surface area contributed by atoms with E-state index in [1.54, 1.807) is 7.11 Å². The van der Waals surface area contributed by atoms with Gasteiger partial charge in [0.2, 0.25) is 0 Å². The maximum absolute atomic E-state index is 9.60. The van der Waals surface area contributed by atoms with Crippen LogP contribution in [-0.4, -0.2) is 25.8 Å². The van der Waals surface area contributed by atoms with E-state index < -0.39 is 0 Å². The summed E-state index contributed by atoms with van der Waals surface area (Å²) in [6.07, 6.45) is 1.04. The molecule has 1 aliphatic heterocycles. The van der Waals surface area contributed by atoms with E-state index in [1.807, 2.05) is 12.1 Å². The quantitative estimate of drug-likeness (QED) is 0.658. The Bertz CT molecular complexity index is 349. The molecule has 0 saturated heterocycles. The largest absolute Gasteiger partial charge is 0.504 e. The van der Waals surface area contributed by atoms with Crippen molar-refractivity contribution in [2.45, 2.75) is 13.0 Å². The molecule has 0 aliphatic carbocycles. The number of phenolic OH excluding ortho intramolecular Hbond substituents is 1. The Balaban J connectivity index is 2.41. The highest BCUT2D eigenvalue weighted by molar-refractivity contribution is 5.46. The molecule has 0 amide bonds. The number of phenols is 1. The van der Waals surface area contributed by atoms with Crippen LogP contribution in [0.25, 0.3) is 0 Å². The van der Waals surface area contributed by atoms with Gasteiger partial charge in [-0.3, -0.25) is 0 Å². The first-order valence-electron chi connectivity index (χ1n) is 4.90. The summed E-state index contributed by atoms with van der Waals surface area (Å²) in [5.74, 6) is 0.837. The zero-order chi connectivity index (χ0) is 10.1. The molecular formula is C11H16NO2+. The maximum atomic E-state index is 9.60. The summed E-state index contributed by atoms with van der Waals surface area (Å²) in [6, 6.07) is 3.79. The van der Waals surface area contributed by atoms with Crippen LogP contribution in [0.15, 0.2) is 12.1 Å². The van der Waals surface area contributed by atoms with Crippen LogP contribution < -0.4 is 9.64 Å². The minimum Gasteiger partial charge on any atom is -0.504 e. The Kier molecular flexibility index (Phi) is 2.33. The molecule has 0 bridgehead atoms. The molecule has 1 atom stereocenters. The van der Waals surface area contributed by atoms with Gasteiger partial charge in [0.15, 0.2) is 11.5 Å². The molecule has 1 aromatic carbocycles. The molecule has 1 aromatic rings. The molecule has 1 unspecified atom stereocenters. The van der Waals surface area contributed by atoms with Crippen molar-refractivity contribution in [1.82, 2.24) is 0 Å². The average molecular weight is 194 g/mol. The van der Waals surface area contributed by atoms with E-state index in [9.17, 15) is 5.11 Å². The third kappa shape index (κ3) is 1.55. The smallest absolute Gasteiger partial charge is 0.160 e. The Morgan fingerprint density at radius 1 is 1.36 bits per heavy atom. The predicted molar refractivity (Wildman–Crippen MR) is 53.8 cm³/mol. The van der Waals surface area contributed by atoms with Gasteiger partial charge in [0.25, 0.3) is 0 Å². The van der Waals surface area contributed by atoms with Crippen molar-refractivity contribution in [2.75, 3.05) is 20.7 Å². The van der Waals surface area contributed by atoms with Crippen molar-refractivity contribution < 1.29 is 14.7 Å². The lowest BCUT2D eigenvalue weighted by Gasteiger charge is -2.22. The van der Waals surface area contributed by atoms with Crippen LogP contribution in [0, 0.1) is 0 Å². The van der Waals surface area contributed by atoms with E-state index >= 15 is 0 Å². The standard InChI is InChI=1S/C11H15NO2/c1-12-4-3-8-5-10(13)11(14-2)6-9(8)7-12/h5-6,13H,3-4,7H2,1-2H3/p+1. The molecule has 0 saturated carbocycles. The summed E-state index contributed by atoms with van der Waals surface area (Å²) in [4.78, 5) is 1.50. The zero-order valence-electron chi connectivity index (χ0n) is 8.63. The first-order chi connectivity index (χ1) is 6.70. The van der Waals surface area contributed by atoms with E-state index in [4.69, 9.17) is 4.74 Å². The molecule has 0 aromatic heterocycles. The lowest BCUT2D eigenvalue weighted by Crippen LogP contribution is -3.08. The van der Waals surface area contributed by atoms with Crippen LogP contribution in [0.1, 0.15) is 11.1 Å². The minimum absolute atomic E-state index is 0.255. The number of methoxy groups -OCH3 is 1. The molecule has 0 radical (unpaired) electrons. The van der Waals surface area contributed by atoms with Gasteiger partial charge in [0.1, 0.15) is 6.54 Å². The third-order valence-electron chi connectivity index (χ3n) is 2.81. The summed E-state index contributed by atoms with van der Waals surface area (Å²) in [5, 5.41) is 9.60. The van der Waals surface area contributed by atoms with Gasteiger partial charge in [0.05, 0.1) is 20.7 Å². The SMILES string of the molecule is COc1cc2c(cc1O)CC[NH+](C)C2. The van der Waals surface area contributed by atoms with Gasteiger partial charge in [0, 0.05) is 12.0 Å². The summed E-state index contributed by atoms with van der Waals surface area (Å²) >= 11 is 0. The van der Waals surface area contributed by atoms with Crippen molar-refractivity contribution in [3.05, 3.63) is 23.3 Å². The van der Waals surface area contributed by atoms with Gasteiger partial charge in [-0.2, -0.15) is 0 Å². The van der Waals surface area contributed by atoms with Crippen molar-refractivity contribution in [2.24, 2.45) is 0 Å². The van der Waals surface area contributed by atoms with Crippen LogP contribution in [-0.2, 0) is 13.0 Å². The lowest BCUT2D eigenvalue weighted by atomic mass is 9.99. The highest BCUT2D eigenvalue weighted by atomic mass is 16.5. The first-order valence-corrected chi connectivity index (χ1v) is 4.90. The molecule has 3 nitrogen and oxygen atoms in total. The number of fused-ring (bicyclic) bond motifs is 1. The van der Waals surface area contributed by atoms with Crippen LogP contribution in [0.4, 0.5) is 0 Å². The second kappa shape index (κ2) is 3.50. The Labute approximate surface area is 83.9 Å². The number of ether oxygens (including phenoxy) is 1. The second-order valence-corrected chi connectivity index (χ2v) is 3.93. The number of aromatic hydroxyl groups is 1. The first kappa shape index (κ1) is 9.34. The van der Waals surface area contributed by atoms with Crippen molar-refractivity contribution in [1.29, 1.82) is 0 Å². The molecule has 14 heavy (non-hydrogen) atoms. The summed E-state index contributed by atoms with van der Waals surface area (Å²) in [5.41, 5.74) is 2.55. The number of nitrogens with one attached hydrogen (secondary N) is 1. The highest BCUT2D eigenvalue weighted by Crippen LogP contribution is 2.29. The van der Waals surface area contributed by atoms with E-state index in [0.717, 1.165) is 19.5 Å². The molecule has 2 N–H and O–H groups in total. The topological polar surface area (TPSA) is 33.9 Å². The molecular weight excluding hydrogens is 178 g/mol. The third-order valence-corrected chi connectivity index (χ3v) is 2.81. The van der Waals surface area contributed by atoms with Crippen LogP contribution in [0.2, 0.25) is 0 Å². The molecule has 2 rings (SSSR count). The summed E-state index contributed by atoms with van der Waals surface area (Å²) in [6.45, 7) is 2.16. The van der Waals surface area contributed by atoms with Crippen LogP contribution in [0.5, 0.6) is 11.5 Å². The Morgan fingerprint density at radius 3 is 2.86 bits per heavy atom. The second-order valence-electron chi connectivity index (χ2n) is 3.93. The lowest BCUT2D eigenvalue weighted by molar-refractivity contribution is -0.895. The van der Waals surface area contributed by atoms with Crippen molar-refractivity contribution >= 4 is 0 Å². The molecule has 3 heteroatoms. The van der Waals surface area contributed by atoms with Gasteiger partial charge in [-0.1, -0.05) is 0 Å². The fourth-order valence-electron chi connectivity index (χ4n) is 1.98. The minimum atomic E-state index is 0.255. The van der Waals surface area contributed by atoms with Gasteiger partial charge in [-0.25, -0.2) is 0 Å². The van der Waals surface area contributed by atoms with E-state index in [-0.39, 0.29) is 5.75 Å². The molecule has 76 valence electrons. The molecule has 1 aliphatic rings. The van der Waals surface area contributed by atoms with E-state index in [0.29, 0.717) is 5.75 Å². The van der Waals surface area contributed by atoms with Gasteiger partial charge >= 0.3 is 0 Å². The predicted octanol–water partition coefficient (Wildman–Crippen LogP) is -0.0284. The fraction of sp³-hybridized carbons (Fsp3) is 0.455. The fourth-order valence-corrected chi connectivity index (χ4v) is 1.98. The maximum Gasteiger partial charge on any atom is 0.160 e. The number of quaternary nitrogens is 1. The van der Waals surface area contributed by atoms with E-state index in [1.165, 1.54) is 16.0 Å². The molecule has 1 heterocycles. The molecule has 0 spiro atoms. The van der Waals surface area contributed by atoms with Crippen LogP contribution in [0.3, 0.4) is 0 Å². The summed E-state index contributed by atoms with van der Waals surface area (Å²) in [7, 11) is 3.77. The highest BCUT2D eigenvalue weighted by Gasteiger charge is 2.18. The van der Waals surface area contributed by atoms with Gasteiger partial charge in [-0.05, 0) is 17.7 Å². The van der Waals surface area contributed by atoms with Crippen LogP contribution >= 0.6 is 0 Å². The van der Waals surface area contributed by atoms with Crippen molar-refractivity contribution in [3.8, 4) is 11.5 Å². The molecule has 0 fully saturated rings. The van der Waals surface area contributed by atoms with Gasteiger partial charge in [-0.15, -0.1) is 0 Å². The normalized spacial score (nSPS) is 20.3. The Hall–Kier alpha value is -1.22. The van der Waals surface area contributed by atoms with Gasteiger partial charge < -0.3 is 14.7 Å². The number of hydrogen-bond donors (Lipinski definition) is 2. The average Bonchev–Trinajstić information content (AvgIpc) is 2.17.